The van der Waals surface area contributed by atoms with E-state index in [1.807, 2.05) is 24.3 Å². The summed E-state index contributed by atoms with van der Waals surface area (Å²) in [5, 5.41) is 0.421. The molecule has 0 N–H and O–H groups in total. The Morgan fingerprint density at radius 3 is 2.84 bits per heavy atom. The quantitative estimate of drug-likeness (QED) is 0.787. The lowest BCUT2D eigenvalue weighted by Crippen LogP contribution is -2.35. The van der Waals surface area contributed by atoms with Crippen LogP contribution in [0.3, 0.4) is 0 Å². The Morgan fingerprint density at radius 1 is 1.28 bits per heavy atom. The number of fused-ring (bicyclic) bond motifs is 1. The van der Waals surface area contributed by atoms with Crippen LogP contribution in [0, 0.1) is 6.92 Å². The molecule has 25 heavy (non-hydrogen) atoms. The topological polar surface area (TPSA) is 72.4 Å². The largest absolute Gasteiger partial charge is 0.451 e. The molecule has 1 aliphatic rings. The van der Waals surface area contributed by atoms with Crippen LogP contribution in [-0.2, 0) is 9.53 Å². The average Bonchev–Trinajstić information content (AvgIpc) is 2.78. The molecule has 1 atom stereocenters. The van der Waals surface area contributed by atoms with Gasteiger partial charge in [-0.05, 0) is 25.5 Å². The maximum absolute atomic E-state index is 12.6. The second kappa shape index (κ2) is 7.65. The van der Waals surface area contributed by atoms with Gasteiger partial charge in [-0.15, -0.1) is 11.8 Å². The van der Waals surface area contributed by atoms with Crippen molar-refractivity contribution < 1.29 is 14.3 Å². The number of carbonyl (C=O) groups excluding carboxylic acids is 2. The lowest BCUT2D eigenvalue weighted by atomic mass is 10.2. The summed E-state index contributed by atoms with van der Waals surface area (Å²) in [4.78, 5) is 35.4. The molecule has 0 radical (unpaired) electrons. The zero-order chi connectivity index (χ0) is 17.8. The first-order chi connectivity index (χ1) is 12.0. The molecular weight excluding hydrogens is 338 g/mol. The van der Waals surface area contributed by atoms with Crippen molar-refractivity contribution in [2.45, 2.75) is 30.4 Å². The Labute approximate surface area is 150 Å². The number of rotatable bonds is 3. The molecule has 0 saturated carbocycles. The van der Waals surface area contributed by atoms with E-state index in [4.69, 9.17) is 4.74 Å². The van der Waals surface area contributed by atoms with Crippen LogP contribution < -0.4 is 4.90 Å². The van der Waals surface area contributed by atoms with E-state index in [1.54, 1.807) is 23.6 Å². The predicted molar refractivity (Wildman–Crippen MR) is 95.8 cm³/mol. The molecule has 130 valence electrons. The maximum atomic E-state index is 12.6. The van der Waals surface area contributed by atoms with Crippen molar-refractivity contribution >= 4 is 29.3 Å². The Hall–Kier alpha value is -2.41. The number of thioether (sulfide) groups is 1. The van der Waals surface area contributed by atoms with Crippen LogP contribution in [-0.4, -0.2) is 40.2 Å². The summed E-state index contributed by atoms with van der Waals surface area (Å²) >= 11 is 1.76. The number of ether oxygens (including phenoxy) is 1. The van der Waals surface area contributed by atoms with E-state index in [-0.39, 0.29) is 18.2 Å². The molecule has 6 nitrogen and oxygen atoms in total. The average molecular weight is 357 g/mol. The third kappa shape index (κ3) is 4.17. The van der Waals surface area contributed by atoms with Gasteiger partial charge in [0.2, 0.25) is 0 Å². The molecule has 1 amide bonds. The van der Waals surface area contributed by atoms with Gasteiger partial charge >= 0.3 is 5.97 Å². The number of esters is 1. The highest BCUT2D eigenvalue weighted by Crippen LogP contribution is 2.37. The minimum atomic E-state index is -0.647. The molecule has 0 spiro atoms. The molecule has 3 rings (SSSR count). The highest BCUT2D eigenvalue weighted by molar-refractivity contribution is 8.00. The Kier molecular flexibility index (Phi) is 5.33. The summed E-state index contributed by atoms with van der Waals surface area (Å²) in [6.07, 6.45) is 3.71. The second-order valence-corrected chi connectivity index (χ2v) is 7.33. The van der Waals surface area contributed by atoms with Gasteiger partial charge in [-0.2, -0.15) is 0 Å². The molecule has 0 aliphatic carbocycles. The lowest BCUT2D eigenvalue weighted by Gasteiger charge is -2.22. The second-order valence-electron chi connectivity index (χ2n) is 5.85. The number of aryl methyl sites for hydroxylation is 1. The SMILES string of the molecule is Cc1cnc(C(=O)OCC(=O)N2CC[C@H](C)Sc3ccccc32)cn1. The highest BCUT2D eigenvalue weighted by atomic mass is 32.2. The van der Waals surface area contributed by atoms with Crippen LogP contribution in [0.2, 0.25) is 0 Å². The number of carbonyl (C=O) groups is 2. The fourth-order valence-corrected chi connectivity index (χ4v) is 3.64. The molecular formula is C18H19N3O3S. The number of amides is 1. The fraction of sp³-hybridized carbons (Fsp3) is 0.333. The summed E-state index contributed by atoms with van der Waals surface area (Å²) in [5.41, 5.74) is 1.67. The molecule has 7 heteroatoms. The van der Waals surface area contributed by atoms with Crippen molar-refractivity contribution in [3.63, 3.8) is 0 Å². The summed E-state index contributed by atoms with van der Waals surface area (Å²) < 4.78 is 5.13. The van der Waals surface area contributed by atoms with Gasteiger partial charge in [0, 0.05) is 22.9 Å². The molecule has 0 fully saturated rings. The number of benzene rings is 1. The van der Waals surface area contributed by atoms with Crippen LogP contribution in [0.1, 0.15) is 29.5 Å². The first-order valence-corrected chi connectivity index (χ1v) is 8.94. The van der Waals surface area contributed by atoms with Crippen LogP contribution >= 0.6 is 11.8 Å². The minimum Gasteiger partial charge on any atom is -0.451 e. The first kappa shape index (κ1) is 17.4. The molecule has 2 aromatic rings. The standard InChI is InChI=1S/C18H19N3O3S/c1-12-9-20-14(10-19-12)18(23)24-11-17(22)21-8-7-13(2)25-16-6-4-3-5-15(16)21/h3-6,9-10,13H,7-8,11H2,1-2H3/t13-/m0/s1. The van der Waals surface area contributed by atoms with Gasteiger partial charge in [-0.25, -0.2) is 9.78 Å². The molecule has 1 aliphatic heterocycles. The van der Waals surface area contributed by atoms with E-state index in [2.05, 4.69) is 16.9 Å². The van der Waals surface area contributed by atoms with E-state index in [0.29, 0.717) is 17.5 Å². The van der Waals surface area contributed by atoms with E-state index in [9.17, 15) is 9.59 Å². The summed E-state index contributed by atoms with van der Waals surface area (Å²) in [5.74, 6) is -0.887. The molecule has 0 bridgehead atoms. The van der Waals surface area contributed by atoms with Crippen molar-refractivity contribution in [1.29, 1.82) is 0 Å². The van der Waals surface area contributed by atoms with Crippen molar-refractivity contribution in [2.24, 2.45) is 0 Å². The number of hydrogen-bond acceptors (Lipinski definition) is 6. The predicted octanol–water partition coefficient (Wildman–Crippen LogP) is 2.86. The van der Waals surface area contributed by atoms with Crippen molar-refractivity contribution in [3.05, 3.63) is 48.0 Å². The monoisotopic (exact) mass is 357 g/mol. The van der Waals surface area contributed by atoms with Crippen LogP contribution in [0.15, 0.2) is 41.6 Å². The number of para-hydroxylation sites is 1. The third-order valence-electron chi connectivity index (χ3n) is 3.86. The molecule has 1 aromatic heterocycles. The maximum Gasteiger partial charge on any atom is 0.359 e. The highest BCUT2D eigenvalue weighted by Gasteiger charge is 2.25. The van der Waals surface area contributed by atoms with Crippen LogP contribution in [0.4, 0.5) is 5.69 Å². The zero-order valence-corrected chi connectivity index (χ0v) is 15.0. The summed E-state index contributed by atoms with van der Waals surface area (Å²) in [7, 11) is 0. The van der Waals surface area contributed by atoms with E-state index in [0.717, 1.165) is 17.0 Å². The van der Waals surface area contributed by atoms with Crippen molar-refractivity contribution in [1.82, 2.24) is 9.97 Å². The fourth-order valence-electron chi connectivity index (χ4n) is 2.52. The third-order valence-corrected chi connectivity index (χ3v) is 5.10. The van der Waals surface area contributed by atoms with Gasteiger partial charge < -0.3 is 9.64 Å². The molecule has 0 saturated heterocycles. The van der Waals surface area contributed by atoms with E-state index < -0.39 is 5.97 Å². The normalized spacial score (nSPS) is 16.7. The number of anilines is 1. The van der Waals surface area contributed by atoms with Gasteiger partial charge in [0.1, 0.15) is 0 Å². The zero-order valence-electron chi connectivity index (χ0n) is 14.1. The van der Waals surface area contributed by atoms with Crippen LogP contribution in [0.25, 0.3) is 0 Å². The van der Waals surface area contributed by atoms with Crippen LogP contribution in [0.5, 0.6) is 0 Å². The smallest absolute Gasteiger partial charge is 0.359 e. The van der Waals surface area contributed by atoms with Gasteiger partial charge in [0.15, 0.2) is 12.3 Å². The van der Waals surface area contributed by atoms with Crippen molar-refractivity contribution in [2.75, 3.05) is 18.1 Å². The first-order valence-electron chi connectivity index (χ1n) is 8.06. The van der Waals surface area contributed by atoms with E-state index >= 15 is 0 Å². The van der Waals surface area contributed by atoms with Gasteiger partial charge in [0.25, 0.3) is 5.91 Å². The number of nitrogens with zero attached hydrogens (tertiary/aromatic N) is 3. The molecule has 2 heterocycles. The summed E-state index contributed by atoms with van der Waals surface area (Å²) in [6, 6.07) is 7.80. The minimum absolute atomic E-state index is 0.0962. The molecule has 0 unspecified atom stereocenters. The number of aromatic nitrogens is 2. The van der Waals surface area contributed by atoms with Crippen molar-refractivity contribution in [3.8, 4) is 0 Å². The Balaban J connectivity index is 1.68. The number of hydrogen-bond donors (Lipinski definition) is 0. The summed E-state index contributed by atoms with van der Waals surface area (Å²) in [6.45, 7) is 4.21. The Morgan fingerprint density at radius 2 is 2.08 bits per heavy atom. The van der Waals surface area contributed by atoms with Gasteiger partial charge in [0.05, 0.1) is 17.6 Å². The Bertz CT molecular complexity index is 779. The van der Waals surface area contributed by atoms with Gasteiger partial charge in [-0.3, -0.25) is 9.78 Å². The van der Waals surface area contributed by atoms with Gasteiger partial charge in [-0.1, -0.05) is 19.1 Å². The molecule has 1 aromatic carbocycles. The van der Waals surface area contributed by atoms with E-state index in [1.165, 1.54) is 12.4 Å². The lowest BCUT2D eigenvalue weighted by molar-refractivity contribution is -0.121.